The van der Waals surface area contributed by atoms with E-state index < -0.39 is 5.82 Å². The summed E-state index contributed by atoms with van der Waals surface area (Å²) in [7, 11) is 0. The third-order valence-electron chi connectivity index (χ3n) is 2.70. The maximum Gasteiger partial charge on any atom is 0.257 e. The number of rotatable bonds is 4. The van der Waals surface area contributed by atoms with Gasteiger partial charge in [-0.2, -0.15) is 5.26 Å². The Hall–Kier alpha value is -1.89. The fourth-order valence-corrected chi connectivity index (χ4v) is 1.72. The Kier molecular flexibility index (Phi) is 4.85. The van der Waals surface area contributed by atoms with Gasteiger partial charge in [0, 0.05) is 12.6 Å². The fraction of sp³-hybridized carbons (Fsp3) is 0.429. The molecule has 0 saturated heterocycles. The number of benzene rings is 1. The summed E-state index contributed by atoms with van der Waals surface area (Å²) in [6.07, 6.45) is 0.247. The largest absolute Gasteiger partial charge is 0.335 e. The lowest BCUT2D eigenvalue weighted by atomic mass is 10.1. The monoisotopic (exact) mass is 248 g/mol. The maximum atomic E-state index is 13.7. The predicted octanol–water partition coefficient (Wildman–Crippen LogP) is 2.90. The Morgan fingerprint density at radius 1 is 1.50 bits per heavy atom. The zero-order valence-electron chi connectivity index (χ0n) is 10.9. The lowest BCUT2D eigenvalue weighted by Gasteiger charge is -2.26. The van der Waals surface area contributed by atoms with Crippen molar-refractivity contribution < 1.29 is 9.18 Å². The van der Waals surface area contributed by atoms with E-state index in [-0.39, 0.29) is 23.9 Å². The van der Waals surface area contributed by atoms with Gasteiger partial charge in [0.2, 0.25) is 0 Å². The van der Waals surface area contributed by atoms with E-state index in [2.05, 4.69) is 0 Å². The molecule has 0 radical (unpaired) electrons. The summed E-state index contributed by atoms with van der Waals surface area (Å²) in [5, 5.41) is 8.59. The Labute approximate surface area is 107 Å². The predicted molar refractivity (Wildman–Crippen MR) is 67.5 cm³/mol. The van der Waals surface area contributed by atoms with Crippen molar-refractivity contribution in [1.82, 2.24) is 4.90 Å². The Morgan fingerprint density at radius 2 is 2.17 bits per heavy atom. The summed E-state index contributed by atoms with van der Waals surface area (Å²) in [6, 6.07) is 6.40. The van der Waals surface area contributed by atoms with Crippen LogP contribution in [0.5, 0.6) is 0 Å². The van der Waals surface area contributed by atoms with E-state index in [1.807, 2.05) is 26.8 Å². The molecule has 0 saturated carbocycles. The lowest BCUT2D eigenvalue weighted by molar-refractivity contribution is 0.0705. The van der Waals surface area contributed by atoms with Gasteiger partial charge in [0.05, 0.1) is 18.1 Å². The van der Waals surface area contributed by atoms with Gasteiger partial charge in [-0.15, -0.1) is 0 Å². The first-order chi connectivity index (χ1) is 8.47. The maximum absolute atomic E-state index is 13.7. The van der Waals surface area contributed by atoms with Gasteiger partial charge in [-0.05, 0) is 32.9 Å². The zero-order valence-corrected chi connectivity index (χ0v) is 10.9. The molecule has 0 aliphatic rings. The van der Waals surface area contributed by atoms with Gasteiger partial charge in [-0.25, -0.2) is 4.39 Å². The lowest BCUT2D eigenvalue weighted by Crippen LogP contribution is -2.38. The van der Waals surface area contributed by atoms with Gasteiger partial charge in [0.1, 0.15) is 5.82 Å². The number of halogens is 1. The molecule has 96 valence electrons. The standard InChI is InChI=1S/C14H17FN2O/c1-10(2)17(8-4-7-16)14(18)12-9-11(3)5-6-13(12)15/h5-6,9-10H,4,8H2,1-3H3. The first-order valence-electron chi connectivity index (χ1n) is 5.91. The van der Waals surface area contributed by atoms with Crippen molar-refractivity contribution >= 4 is 5.91 Å². The minimum absolute atomic E-state index is 0.0641. The van der Waals surface area contributed by atoms with Crippen LogP contribution in [0.25, 0.3) is 0 Å². The van der Waals surface area contributed by atoms with Crippen LogP contribution in [0, 0.1) is 24.1 Å². The number of hydrogen-bond acceptors (Lipinski definition) is 2. The number of carbonyl (C=O) groups excluding carboxylic acids is 1. The molecule has 0 aliphatic carbocycles. The molecule has 1 amide bonds. The fourth-order valence-electron chi connectivity index (χ4n) is 1.72. The highest BCUT2D eigenvalue weighted by atomic mass is 19.1. The first kappa shape index (κ1) is 14.2. The van der Waals surface area contributed by atoms with Crippen LogP contribution in [0.4, 0.5) is 4.39 Å². The van der Waals surface area contributed by atoms with E-state index in [0.717, 1.165) is 5.56 Å². The molecule has 1 aromatic carbocycles. The van der Waals surface area contributed by atoms with Crippen LogP contribution in [0.3, 0.4) is 0 Å². The van der Waals surface area contributed by atoms with Crippen molar-refractivity contribution in [2.24, 2.45) is 0 Å². The topological polar surface area (TPSA) is 44.1 Å². The molecule has 1 rings (SSSR count). The van der Waals surface area contributed by atoms with E-state index in [1.54, 1.807) is 12.1 Å². The first-order valence-corrected chi connectivity index (χ1v) is 5.91. The highest BCUT2D eigenvalue weighted by Crippen LogP contribution is 2.14. The number of nitrogens with zero attached hydrogens (tertiary/aromatic N) is 2. The second-order valence-corrected chi connectivity index (χ2v) is 4.48. The molecule has 0 fully saturated rings. The number of aryl methyl sites for hydroxylation is 1. The van der Waals surface area contributed by atoms with Gasteiger partial charge in [-0.1, -0.05) is 11.6 Å². The SMILES string of the molecule is Cc1ccc(F)c(C(=O)N(CCC#N)C(C)C)c1. The molecule has 0 atom stereocenters. The molecule has 0 aromatic heterocycles. The molecule has 1 aromatic rings. The van der Waals surface area contributed by atoms with Crippen LogP contribution in [-0.2, 0) is 0 Å². The summed E-state index contributed by atoms with van der Waals surface area (Å²) < 4.78 is 13.7. The quantitative estimate of drug-likeness (QED) is 0.822. The van der Waals surface area contributed by atoms with E-state index in [1.165, 1.54) is 11.0 Å². The van der Waals surface area contributed by atoms with Crippen LogP contribution in [0.1, 0.15) is 36.2 Å². The summed E-state index contributed by atoms with van der Waals surface area (Å²) in [4.78, 5) is 13.8. The third-order valence-corrected chi connectivity index (χ3v) is 2.70. The summed E-state index contributed by atoms with van der Waals surface area (Å²) in [6.45, 7) is 5.83. The van der Waals surface area contributed by atoms with E-state index >= 15 is 0 Å². The highest BCUT2D eigenvalue weighted by Gasteiger charge is 2.21. The molecule has 18 heavy (non-hydrogen) atoms. The van der Waals surface area contributed by atoms with Crippen molar-refractivity contribution in [3.63, 3.8) is 0 Å². The molecule has 0 spiro atoms. The molecular formula is C14H17FN2O. The van der Waals surface area contributed by atoms with Crippen LogP contribution in [0.15, 0.2) is 18.2 Å². The zero-order chi connectivity index (χ0) is 13.7. The smallest absolute Gasteiger partial charge is 0.257 e. The molecule has 4 heteroatoms. The molecule has 0 aliphatic heterocycles. The van der Waals surface area contributed by atoms with Crippen molar-refractivity contribution in [3.8, 4) is 6.07 Å². The Morgan fingerprint density at radius 3 is 2.72 bits per heavy atom. The van der Waals surface area contributed by atoms with Crippen molar-refractivity contribution in [2.45, 2.75) is 33.2 Å². The Balaban J connectivity index is 3.02. The van der Waals surface area contributed by atoms with Gasteiger partial charge >= 0.3 is 0 Å². The van der Waals surface area contributed by atoms with Crippen LogP contribution in [0.2, 0.25) is 0 Å². The number of amides is 1. The van der Waals surface area contributed by atoms with Crippen molar-refractivity contribution in [1.29, 1.82) is 5.26 Å². The summed E-state index contributed by atoms with van der Waals surface area (Å²) in [5.41, 5.74) is 0.908. The average molecular weight is 248 g/mol. The molecule has 0 bridgehead atoms. The minimum atomic E-state index is -0.520. The van der Waals surface area contributed by atoms with Crippen LogP contribution < -0.4 is 0 Å². The second-order valence-electron chi connectivity index (χ2n) is 4.48. The van der Waals surface area contributed by atoms with Crippen molar-refractivity contribution in [3.05, 3.63) is 35.1 Å². The van der Waals surface area contributed by atoms with E-state index in [0.29, 0.717) is 6.54 Å². The molecule has 0 heterocycles. The molecular weight excluding hydrogens is 231 g/mol. The normalized spacial score (nSPS) is 10.2. The number of hydrogen-bond donors (Lipinski definition) is 0. The second kappa shape index (κ2) is 6.15. The highest BCUT2D eigenvalue weighted by molar-refractivity contribution is 5.94. The van der Waals surface area contributed by atoms with Crippen molar-refractivity contribution in [2.75, 3.05) is 6.54 Å². The molecule has 0 N–H and O–H groups in total. The van der Waals surface area contributed by atoms with Crippen LogP contribution in [-0.4, -0.2) is 23.4 Å². The summed E-state index contributed by atoms with van der Waals surface area (Å²) >= 11 is 0. The Bertz CT molecular complexity index is 477. The number of carbonyl (C=O) groups is 1. The van der Waals surface area contributed by atoms with E-state index in [4.69, 9.17) is 5.26 Å². The molecule has 0 unspecified atom stereocenters. The van der Waals surface area contributed by atoms with Gasteiger partial charge in [-0.3, -0.25) is 4.79 Å². The average Bonchev–Trinajstić information content (AvgIpc) is 2.32. The van der Waals surface area contributed by atoms with E-state index in [9.17, 15) is 9.18 Å². The number of nitriles is 1. The summed E-state index contributed by atoms with van der Waals surface area (Å²) in [5.74, 6) is -0.880. The van der Waals surface area contributed by atoms with Gasteiger partial charge in [0.15, 0.2) is 0 Å². The van der Waals surface area contributed by atoms with Crippen LogP contribution >= 0.6 is 0 Å². The van der Waals surface area contributed by atoms with Gasteiger partial charge < -0.3 is 4.90 Å². The minimum Gasteiger partial charge on any atom is -0.335 e. The third kappa shape index (κ3) is 3.30. The van der Waals surface area contributed by atoms with Gasteiger partial charge in [0.25, 0.3) is 5.91 Å². The molecule has 3 nitrogen and oxygen atoms in total.